The van der Waals surface area contributed by atoms with Crippen LogP contribution in [0.15, 0.2) is 17.0 Å². The molecule has 0 atom stereocenters. The maximum absolute atomic E-state index is 12.6. The highest BCUT2D eigenvalue weighted by atomic mass is 35.5. The smallest absolute Gasteiger partial charge is 0.255 e. The van der Waals surface area contributed by atoms with Gasteiger partial charge >= 0.3 is 0 Å². The molecule has 0 bridgehead atoms. The number of benzene rings is 1. The number of halogens is 2. The molecule has 4 nitrogen and oxygen atoms in total. The zero-order valence-electron chi connectivity index (χ0n) is 11.8. The van der Waals surface area contributed by atoms with Crippen LogP contribution in [0.1, 0.15) is 29.0 Å². The van der Waals surface area contributed by atoms with Crippen molar-refractivity contribution >= 4 is 49.7 Å². The first kappa shape index (κ1) is 16.1. The molecule has 118 valence electrons. The summed E-state index contributed by atoms with van der Waals surface area (Å²) in [5, 5.41) is 0.919. The van der Waals surface area contributed by atoms with Gasteiger partial charge < -0.3 is 0 Å². The number of thiazole rings is 1. The summed E-state index contributed by atoms with van der Waals surface area (Å²) in [6, 6.07) is 3.01. The molecule has 1 aromatic carbocycles. The van der Waals surface area contributed by atoms with Crippen molar-refractivity contribution in [3.63, 3.8) is 0 Å². The third-order valence-electron chi connectivity index (χ3n) is 3.53. The standard InChI is InChI=1S/C14H14Cl2N2O2S2/c1-8-6-9(15)7-10(16)13(8)22(19,20)18-14-17-11-4-2-3-5-12(11)21-14/h6-7H,2-5H2,1H3,(H,17,18). The van der Waals surface area contributed by atoms with Crippen LogP contribution in [0.25, 0.3) is 0 Å². The summed E-state index contributed by atoms with van der Waals surface area (Å²) < 4.78 is 27.7. The van der Waals surface area contributed by atoms with E-state index in [2.05, 4.69) is 9.71 Å². The highest BCUT2D eigenvalue weighted by Crippen LogP contribution is 2.33. The molecule has 1 aromatic heterocycles. The number of aromatic nitrogens is 1. The van der Waals surface area contributed by atoms with Gasteiger partial charge in [-0.25, -0.2) is 13.4 Å². The molecule has 22 heavy (non-hydrogen) atoms. The first-order valence-electron chi connectivity index (χ1n) is 6.84. The van der Waals surface area contributed by atoms with Gasteiger partial charge in [-0.1, -0.05) is 23.2 Å². The zero-order chi connectivity index (χ0) is 15.9. The quantitative estimate of drug-likeness (QED) is 0.861. The van der Waals surface area contributed by atoms with Gasteiger partial charge in [-0.15, -0.1) is 11.3 Å². The lowest BCUT2D eigenvalue weighted by Gasteiger charge is -2.10. The number of hydrogen-bond donors (Lipinski definition) is 1. The fourth-order valence-corrected chi connectivity index (χ4v) is 6.06. The fourth-order valence-electron chi connectivity index (χ4n) is 2.59. The summed E-state index contributed by atoms with van der Waals surface area (Å²) in [6.45, 7) is 1.67. The molecule has 1 aliphatic carbocycles. The average Bonchev–Trinajstić information content (AvgIpc) is 2.77. The molecule has 2 aromatic rings. The first-order chi connectivity index (χ1) is 10.4. The van der Waals surface area contributed by atoms with Gasteiger partial charge in [-0.2, -0.15) is 0 Å². The van der Waals surface area contributed by atoms with Gasteiger partial charge in [0.05, 0.1) is 10.7 Å². The van der Waals surface area contributed by atoms with Crippen LogP contribution >= 0.6 is 34.5 Å². The highest BCUT2D eigenvalue weighted by Gasteiger charge is 2.24. The molecule has 0 fully saturated rings. The molecule has 1 heterocycles. The van der Waals surface area contributed by atoms with Gasteiger partial charge in [0.2, 0.25) is 0 Å². The van der Waals surface area contributed by atoms with Crippen molar-refractivity contribution in [2.45, 2.75) is 37.5 Å². The van der Waals surface area contributed by atoms with Crippen LogP contribution in [0.3, 0.4) is 0 Å². The Morgan fingerprint density at radius 2 is 1.95 bits per heavy atom. The maximum atomic E-state index is 12.6. The van der Waals surface area contributed by atoms with Crippen LogP contribution in [0.2, 0.25) is 10.0 Å². The molecule has 0 unspecified atom stereocenters. The van der Waals surface area contributed by atoms with E-state index in [1.165, 1.54) is 22.3 Å². The van der Waals surface area contributed by atoms with Crippen molar-refractivity contribution in [2.24, 2.45) is 0 Å². The third kappa shape index (κ3) is 3.11. The second-order valence-electron chi connectivity index (χ2n) is 5.24. The molecule has 1 aliphatic rings. The monoisotopic (exact) mass is 376 g/mol. The van der Waals surface area contributed by atoms with E-state index in [4.69, 9.17) is 23.2 Å². The van der Waals surface area contributed by atoms with Crippen LogP contribution in [-0.4, -0.2) is 13.4 Å². The normalized spacial score (nSPS) is 14.7. The van der Waals surface area contributed by atoms with Crippen LogP contribution in [0, 0.1) is 6.92 Å². The lowest BCUT2D eigenvalue weighted by Crippen LogP contribution is -2.15. The molecule has 0 spiro atoms. The number of rotatable bonds is 3. The highest BCUT2D eigenvalue weighted by molar-refractivity contribution is 7.93. The van der Waals surface area contributed by atoms with E-state index in [1.807, 2.05) is 0 Å². The lowest BCUT2D eigenvalue weighted by atomic mass is 10.0. The number of aryl methyl sites for hydroxylation is 3. The van der Waals surface area contributed by atoms with Gasteiger partial charge in [0.25, 0.3) is 10.0 Å². The molecule has 0 aliphatic heterocycles. The minimum atomic E-state index is -3.78. The first-order valence-corrected chi connectivity index (χ1v) is 9.89. The van der Waals surface area contributed by atoms with Crippen LogP contribution in [0.5, 0.6) is 0 Å². The van der Waals surface area contributed by atoms with Gasteiger partial charge in [0.1, 0.15) is 4.90 Å². The van der Waals surface area contributed by atoms with E-state index in [0.29, 0.717) is 15.7 Å². The Kier molecular flexibility index (Phi) is 4.38. The van der Waals surface area contributed by atoms with Crippen molar-refractivity contribution in [3.05, 3.63) is 38.3 Å². The Morgan fingerprint density at radius 3 is 2.64 bits per heavy atom. The van der Waals surface area contributed by atoms with E-state index >= 15 is 0 Å². The summed E-state index contributed by atoms with van der Waals surface area (Å²) >= 11 is 13.4. The minimum Gasteiger partial charge on any atom is -0.255 e. The molecular formula is C14H14Cl2N2O2S2. The van der Waals surface area contributed by atoms with E-state index < -0.39 is 10.0 Å². The molecule has 0 saturated heterocycles. The number of anilines is 1. The van der Waals surface area contributed by atoms with Gasteiger partial charge in [-0.3, -0.25) is 4.72 Å². The predicted molar refractivity (Wildman–Crippen MR) is 90.8 cm³/mol. The van der Waals surface area contributed by atoms with Crippen LogP contribution < -0.4 is 4.72 Å². The van der Waals surface area contributed by atoms with Gasteiger partial charge in [0.15, 0.2) is 5.13 Å². The molecule has 0 saturated carbocycles. The molecular weight excluding hydrogens is 363 g/mol. The van der Waals surface area contributed by atoms with E-state index in [1.54, 1.807) is 13.0 Å². The summed E-state index contributed by atoms with van der Waals surface area (Å²) in [5.74, 6) is 0. The van der Waals surface area contributed by atoms with Gasteiger partial charge in [0, 0.05) is 9.90 Å². The van der Waals surface area contributed by atoms with Gasteiger partial charge in [-0.05, 0) is 50.3 Å². The maximum Gasteiger partial charge on any atom is 0.265 e. The second kappa shape index (κ2) is 6.00. The predicted octanol–water partition coefficient (Wildman–Crippen LogP) is 4.44. The number of hydrogen-bond acceptors (Lipinski definition) is 4. The van der Waals surface area contributed by atoms with Crippen molar-refractivity contribution < 1.29 is 8.42 Å². The Labute approximate surface area is 143 Å². The van der Waals surface area contributed by atoms with Crippen LogP contribution in [0.4, 0.5) is 5.13 Å². The number of sulfonamides is 1. The topological polar surface area (TPSA) is 59.1 Å². The van der Waals surface area contributed by atoms with Crippen molar-refractivity contribution in [2.75, 3.05) is 4.72 Å². The van der Waals surface area contributed by atoms with Crippen molar-refractivity contribution in [1.29, 1.82) is 0 Å². The Morgan fingerprint density at radius 1 is 1.23 bits per heavy atom. The third-order valence-corrected chi connectivity index (χ3v) is 6.90. The van der Waals surface area contributed by atoms with Crippen molar-refractivity contribution in [1.82, 2.24) is 4.98 Å². The average molecular weight is 377 g/mol. The molecule has 0 amide bonds. The molecule has 1 N–H and O–H groups in total. The Bertz CT molecular complexity index is 785. The molecule has 8 heteroatoms. The fraction of sp³-hybridized carbons (Fsp3) is 0.357. The molecule has 0 radical (unpaired) electrons. The summed E-state index contributed by atoms with van der Waals surface area (Å²) in [6.07, 6.45) is 4.11. The van der Waals surface area contributed by atoms with E-state index in [-0.39, 0.29) is 9.92 Å². The summed E-state index contributed by atoms with van der Waals surface area (Å²) in [5.41, 5.74) is 1.51. The van der Waals surface area contributed by atoms with Crippen molar-refractivity contribution in [3.8, 4) is 0 Å². The SMILES string of the molecule is Cc1cc(Cl)cc(Cl)c1S(=O)(=O)Nc1nc2c(s1)CCCC2. The minimum absolute atomic E-state index is 0.0479. The van der Waals surface area contributed by atoms with E-state index in [9.17, 15) is 8.42 Å². The Hall–Kier alpha value is -0.820. The second-order valence-corrected chi connectivity index (χ2v) is 8.78. The summed E-state index contributed by atoms with van der Waals surface area (Å²) in [7, 11) is -3.78. The number of nitrogens with one attached hydrogen (secondary N) is 1. The molecule has 3 rings (SSSR count). The number of nitrogens with zero attached hydrogens (tertiary/aromatic N) is 1. The van der Waals surface area contributed by atoms with Crippen LogP contribution in [-0.2, 0) is 22.9 Å². The summed E-state index contributed by atoms with van der Waals surface area (Å²) in [4.78, 5) is 5.61. The zero-order valence-corrected chi connectivity index (χ0v) is 15.0. The Balaban J connectivity index is 1.96. The lowest BCUT2D eigenvalue weighted by molar-refractivity contribution is 0.600. The largest absolute Gasteiger partial charge is 0.265 e. The number of fused-ring (bicyclic) bond motifs is 1. The van der Waals surface area contributed by atoms with E-state index in [0.717, 1.165) is 31.4 Å².